The Balaban J connectivity index is 2.07. The predicted octanol–water partition coefficient (Wildman–Crippen LogP) is 2.87. The SMILES string of the molecule is CC(O)(OC(=O)OC(C)(O)c1ccccc1)c1ccccc1. The molecule has 0 heterocycles. The second-order valence-electron chi connectivity index (χ2n) is 5.15. The number of rotatable bonds is 4. The average Bonchev–Trinajstić information content (AvgIpc) is 2.48. The van der Waals surface area contributed by atoms with Gasteiger partial charge < -0.3 is 19.7 Å². The van der Waals surface area contributed by atoms with Crippen LogP contribution in [0.2, 0.25) is 0 Å². The minimum absolute atomic E-state index is 0.395. The van der Waals surface area contributed by atoms with Crippen LogP contribution < -0.4 is 0 Å². The lowest BCUT2D eigenvalue weighted by Gasteiger charge is -2.27. The van der Waals surface area contributed by atoms with E-state index in [0.717, 1.165) is 0 Å². The normalized spacial score (nSPS) is 16.2. The van der Waals surface area contributed by atoms with E-state index in [1.165, 1.54) is 13.8 Å². The van der Waals surface area contributed by atoms with Crippen molar-refractivity contribution in [2.45, 2.75) is 25.4 Å². The zero-order valence-electron chi connectivity index (χ0n) is 12.4. The van der Waals surface area contributed by atoms with E-state index in [9.17, 15) is 15.0 Å². The van der Waals surface area contributed by atoms with E-state index in [1.807, 2.05) is 0 Å². The number of carbonyl (C=O) groups is 1. The van der Waals surface area contributed by atoms with Crippen molar-refractivity contribution in [3.05, 3.63) is 71.8 Å². The summed E-state index contributed by atoms with van der Waals surface area (Å²) < 4.78 is 9.83. The predicted molar refractivity (Wildman–Crippen MR) is 79.6 cm³/mol. The van der Waals surface area contributed by atoms with Gasteiger partial charge in [0.15, 0.2) is 0 Å². The molecule has 0 fully saturated rings. The molecule has 2 unspecified atom stereocenters. The first-order valence-electron chi connectivity index (χ1n) is 6.79. The Kier molecular flexibility index (Phi) is 4.49. The molecule has 5 heteroatoms. The van der Waals surface area contributed by atoms with Gasteiger partial charge in [-0.2, -0.15) is 0 Å². The number of ether oxygens (including phenoxy) is 2. The zero-order valence-corrected chi connectivity index (χ0v) is 12.4. The molecule has 116 valence electrons. The summed E-state index contributed by atoms with van der Waals surface area (Å²) in [4.78, 5) is 11.9. The second-order valence-corrected chi connectivity index (χ2v) is 5.15. The van der Waals surface area contributed by atoms with Crippen molar-refractivity contribution >= 4 is 6.16 Å². The summed E-state index contributed by atoms with van der Waals surface area (Å²) >= 11 is 0. The van der Waals surface area contributed by atoms with Gasteiger partial charge in [0.25, 0.3) is 0 Å². The lowest BCUT2D eigenvalue weighted by molar-refractivity contribution is -0.219. The maximum absolute atomic E-state index is 11.9. The fraction of sp³-hybridized carbons (Fsp3) is 0.235. The number of hydrogen-bond acceptors (Lipinski definition) is 5. The molecule has 0 spiro atoms. The highest BCUT2D eigenvalue weighted by atomic mass is 16.8. The van der Waals surface area contributed by atoms with Crippen molar-refractivity contribution in [1.29, 1.82) is 0 Å². The van der Waals surface area contributed by atoms with E-state index in [-0.39, 0.29) is 0 Å². The van der Waals surface area contributed by atoms with Crippen molar-refractivity contribution in [2.75, 3.05) is 0 Å². The molecule has 2 atom stereocenters. The number of carbonyl (C=O) groups excluding carboxylic acids is 1. The Labute approximate surface area is 128 Å². The molecule has 2 aromatic carbocycles. The molecule has 22 heavy (non-hydrogen) atoms. The molecule has 5 nitrogen and oxygen atoms in total. The van der Waals surface area contributed by atoms with Crippen molar-refractivity contribution in [1.82, 2.24) is 0 Å². The standard InChI is InChI=1S/C17H18O5/c1-16(19,13-9-5-3-6-10-13)21-15(18)22-17(2,20)14-11-7-4-8-12-14/h3-12,19-20H,1-2H3. The van der Waals surface area contributed by atoms with Gasteiger partial charge in [0.2, 0.25) is 11.6 Å². The summed E-state index contributed by atoms with van der Waals surface area (Å²) in [5.41, 5.74) is 0.789. The van der Waals surface area contributed by atoms with E-state index in [4.69, 9.17) is 9.47 Å². The Morgan fingerprint density at radius 2 is 1.09 bits per heavy atom. The van der Waals surface area contributed by atoms with E-state index in [1.54, 1.807) is 60.7 Å². The van der Waals surface area contributed by atoms with Crippen LogP contribution in [0, 0.1) is 0 Å². The molecule has 0 saturated heterocycles. The molecule has 2 N–H and O–H groups in total. The van der Waals surface area contributed by atoms with Gasteiger partial charge in [-0.1, -0.05) is 60.7 Å². The third-order valence-electron chi connectivity index (χ3n) is 3.18. The van der Waals surface area contributed by atoms with Crippen LogP contribution >= 0.6 is 0 Å². The fourth-order valence-corrected chi connectivity index (χ4v) is 1.96. The van der Waals surface area contributed by atoms with Crippen LogP contribution in [0.4, 0.5) is 4.79 Å². The van der Waals surface area contributed by atoms with Gasteiger partial charge in [-0.05, 0) is 0 Å². The molecule has 0 aliphatic rings. The van der Waals surface area contributed by atoms with Crippen LogP contribution in [-0.2, 0) is 21.0 Å². The van der Waals surface area contributed by atoms with Crippen LogP contribution in [0.1, 0.15) is 25.0 Å². The Morgan fingerprint density at radius 3 is 1.41 bits per heavy atom. The Hall–Kier alpha value is -2.37. The maximum Gasteiger partial charge on any atom is 0.513 e. The molecule has 2 rings (SSSR count). The van der Waals surface area contributed by atoms with Crippen molar-refractivity contribution in [2.24, 2.45) is 0 Å². The summed E-state index contributed by atoms with van der Waals surface area (Å²) in [6.45, 7) is 2.64. The summed E-state index contributed by atoms with van der Waals surface area (Å²) in [7, 11) is 0. The van der Waals surface area contributed by atoms with Gasteiger partial charge in [0.05, 0.1) is 0 Å². The van der Waals surface area contributed by atoms with E-state index < -0.39 is 17.7 Å². The molecule has 0 radical (unpaired) electrons. The monoisotopic (exact) mass is 302 g/mol. The first-order chi connectivity index (χ1) is 10.3. The second kappa shape index (κ2) is 6.17. The largest absolute Gasteiger partial charge is 0.513 e. The molecular weight excluding hydrogens is 284 g/mol. The van der Waals surface area contributed by atoms with Gasteiger partial charge >= 0.3 is 6.16 Å². The number of aliphatic hydroxyl groups is 2. The lowest BCUT2D eigenvalue weighted by atomic mass is 10.1. The molecule has 0 aliphatic carbocycles. The third kappa shape index (κ3) is 3.84. The van der Waals surface area contributed by atoms with Gasteiger partial charge in [-0.3, -0.25) is 0 Å². The number of benzene rings is 2. The quantitative estimate of drug-likeness (QED) is 0.671. The van der Waals surface area contributed by atoms with Crippen LogP contribution in [0.25, 0.3) is 0 Å². The average molecular weight is 302 g/mol. The smallest absolute Gasteiger partial charge is 0.398 e. The van der Waals surface area contributed by atoms with Crippen LogP contribution in [0.15, 0.2) is 60.7 Å². The first kappa shape index (κ1) is 16.0. The van der Waals surface area contributed by atoms with Crippen molar-refractivity contribution in [3.8, 4) is 0 Å². The Morgan fingerprint density at radius 1 is 0.773 bits per heavy atom. The first-order valence-corrected chi connectivity index (χ1v) is 6.79. The lowest BCUT2D eigenvalue weighted by Crippen LogP contribution is -2.34. The Bertz CT molecular complexity index is 565. The molecule has 0 amide bonds. The maximum atomic E-state index is 11.9. The molecule has 0 aromatic heterocycles. The minimum Gasteiger partial charge on any atom is -0.398 e. The summed E-state index contributed by atoms with van der Waals surface area (Å²) in [5, 5.41) is 20.4. The van der Waals surface area contributed by atoms with E-state index in [0.29, 0.717) is 11.1 Å². The van der Waals surface area contributed by atoms with Crippen LogP contribution in [-0.4, -0.2) is 16.4 Å². The van der Waals surface area contributed by atoms with Crippen molar-refractivity contribution < 1.29 is 24.5 Å². The summed E-state index contributed by atoms with van der Waals surface area (Å²) in [6.07, 6.45) is -1.18. The van der Waals surface area contributed by atoms with Crippen LogP contribution in [0.3, 0.4) is 0 Å². The summed E-state index contributed by atoms with van der Waals surface area (Å²) in [6, 6.07) is 16.8. The van der Waals surface area contributed by atoms with Crippen molar-refractivity contribution in [3.63, 3.8) is 0 Å². The van der Waals surface area contributed by atoms with Crippen LogP contribution in [0.5, 0.6) is 0 Å². The molecule has 2 aromatic rings. The third-order valence-corrected chi connectivity index (χ3v) is 3.18. The number of hydrogen-bond donors (Lipinski definition) is 2. The highest BCUT2D eigenvalue weighted by Gasteiger charge is 2.34. The van der Waals surface area contributed by atoms with Gasteiger partial charge in [0.1, 0.15) is 0 Å². The fourth-order valence-electron chi connectivity index (χ4n) is 1.96. The van der Waals surface area contributed by atoms with Gasteiger partial charge in [-0.25, -0.2) is 4.79 Å². The highest BCUT2D eigenvalue weighted by molar-refractivity contribution is 5.61. The topological polar surface area (TPSA) is 76.0 Å². The zero-order chi connectivity index (χ0) is 16.2. The van der Waals surface area contributed by atoms with E-state index in [2.05, 4.69) is 0 Å². The molecule has 0 bridgehead atoms. The molecular formula is C17H18O5. The summed E-state index contributed by atoms with van der Waals surface area (Å²) in [5.74, 6) is -3.71. The molecule has 0 saturated carbocycles. The minimum atomic E-state index is -1.86. The van der Waals surface area contributed by atoms with Gasteiger partial charge in [0, 0.05) is 25.0 Å². The highest BCUT2D eigenvalue weighted by Crippen LogP contribution is 2.26. The van der Waals surface area contributed by atoms with Gasteiger partial charge in [-0.15, -0.1) is 0 Å². The van der Waals surface area contributed by atoms with E-state index >= 15 is 0 Å². The molecule has 0 aliphatic heterocycles.